The molecule has 17 heavy (non-hydrogen) atoms. The summed E-state index contributed by atoms with van der Waals surface area (Å²) in [6.45, 7) is 1.95. The Bertz CT molecular complexity index is 426. The molecule has 0 aliphatic carbocycles. The van der Waals surface area contributed by atoms with Gasteiger partial charge >= 0.3 is 6.09 Å². The average Bonchev–Trinajstić information content (AvgIpc) is 2.32. The Hall–Kier alpha value is -2.37. The maximum Gasteiger partial charge on any atom is 0.433 e. The first-order valence-corrected chi connectivity index (χ1v) is 4.91. The third-order valence-corrected chi connectivity index (χ3v) is 1.83. The molecule has 90 valence electrons. The lowest BCUT2D eigenvalue weighted by atomic mass is 10.2. The van der Waals surface area contributed by atoms with E-state index in [0.717, 1.165) is 11.8 Å². The van der Waals surface area contributed by atoms with Crippen LogP contribution < -0.4 is 10.6 Å². The first-order chi connectivity index (χ1) is 8.11. The van der Waals surface area contributed by atoms with Gasteiger partial charge in [0, 0.05) is 12.7 Å². The second kappa shape index (κ2) is 6.26. The summed E-state index contributed by atoms with van der Waals surface area (Å²) < 4.78 is 0. The van der Waals surface area contributed by atoms with E-state index in [9.17, 15) is 9.59 Å². The van der Waals surface area contributed by atoms with E-state index in [1.54, 1.807) is 12.1 Å². The van der Waals surface area contributed by atoms with Crippen molar-refractivity contribution in [3.05, 3.63) is 29.8 Å². The van der Waals surface area contributed by atoms with Crippen LogP contribution in [0, 0.1) is 6.92 Å². The van der Waals surface area contributed by atoms with Crippen molar-refractivity contribution in [1.82, 2.24) is 5.32 Å². The van der Waals surface area contributed by atoms with E-state index in [0.29, 0.717) is 5.69 Å². The van der Waals surface area contributed by atoms with Crippen LogP contribution in [0.2, 0.25) is 0 Å². The number of carbonyl (C=O) groups is 2. The molecule has 0 aromatic heterocycles. The summed E-state index contributed by atoms with van der Waals surface area (Å²) in [7, 11) is 1.39. The lowest BCUT2D eigenvalue weighted by Crippen LogP contribution is -2.18. The number of nitrogens with zero attached hydrogens (tertiary/aromatic N) is 1. The number of hydrogen-bond donors (Lipinski definition) is 2. The van der Waals surface area contributed by atoms with Crippen molar-refractivity contribution in [2.75, 3.05) is 12.4 Å². The molecule has 0 atom stereocenters. The highest BCUT2D eigenvalue weighted by atomic mass is 16.7. The van der Waals surface area contributed by atoms with E-state index >= 15 is 0 Å². The molecule has 0 heterocycles. The molecule has 0 saturated heterocycles. The molecule has 1 aromatic rings. The van der Waals surface area contributed by atoms with E-state index in [2.05, 4.69) is 20.6 Å². The van der Waals surface area contributed by atoms with Crippen molar-refractivity contribution >= 4 is 23.9 Å². The van der Waals surface area contributed by atoms with Gasteiger partial charge in [0.15, 0.2) is 0 Å². The van der Waals surface area contributed by atoms with Crippen LogP contribution >= 0.6 is 0 Å². The van der Waals surface area contributed by atoms with Crippen molar-refractivity contribution in [3.8, 4) is 0 Å². The van der Waals surface area contributed by atoms with E-state index in [4.69, 9.17) is 0 Å². The molecule has 0 unspecified atom stereocenters. The maximum absolute atomic E-state index is 11.3. The molecular formula is C11H13N3O3. The lowest BCUT2D eigenvalue weighted by molar-refractivity contribution is -0.110. The Labute approximate surface area is 98.6 Å². The Morgan fingerprint density at radius 1 is 1.29 bits per heavy atom. The smallest absolute Gasteiger partial charge is 0.323 e. The van der Waals surface area contributed by atoms with E-state index < -0.39 is 12.0 Å². The van der Waals surface area contributed by atoms with Gasteiger partial charge in [-0.1, -0.05) is 22.9 Å². The van der Waals surface area contributed by atoms with Gasteiger partial charge in [0.1, 0.15) is 6.21 Å². The Morgan fingerprint density at radius 3 is 2.53 bits per heavy atom. The molecule has 0 spiro atoms. The van der Waals surface area contributed by atoms with Crippen LogP contribution in [-0.2, 0) is 9.63 Å². The highest BCUT2D eigenvalue weighted by molar-refractivity contribution is 6.31. The van der Waals surface area contributed by atoms with Crippen LogP contribution in [0.25, 0.3) is 0 Å². The van der Waals surface area contributed by atoms with E-state index in [1.807, 2.05) is 19.1 Å². The molecule has 6 heteroatoms. The Morgan fingerprint density at radius 2 is 1.94 bits per heavy atom. The maximum atomic E-state index is 11.3. The molecular weight excluding hydrogens is 222 g/mol. The molecule has 1 rings (SSSR count). The fourth-order valence-electron chi connectivity index (χ4n) is 0.979. The predicted octanol–water partition coefficient (Wildman–Crippen LogP) is 1.28. The Kier molecular flexibility index (Phi) is 4.68. The minimum atomic E-state index is -0.732. The molecule has 1 aromatic carbocycles. The monoisotopic (exact) mass is 235 g/mol. The second-order valence-corrected chi connectivity index (χ2v) is 3.22. The van der Waals surface area contributed by atoms with Gasteiger partial charge in [-0.3, -0.25) is 9.63 Å². The normalized spacial score (nSPS) is 10.0. The van der Waals surface area contributed by atoms with Crippen LogP contribution in [0.15, 0.2) is 29.4 Å². The zero-order chi connectivity index (χ0) is 12.7. The molecule has 0 fully saturated rings. The topological polar surface area (TPSA) is 79.8 Å². The third-order valence-electron chi connectivity index (χ3n) is 1.83. The fourth-order valence-corrected chi connectivity index (χ4v) is 0.979. The molecule has 2 N–H and O–H groups in total. The number of benzene rings is 1. The van der Waals surface area contributed by atoms with Crippen LogP contribution in [0.4, 0.5) is 10.5 Å². The molecule has 6 nitrogen and oxygen atoms in total. The number of anilines is 1. The van der Waals surface area contributed by atoms with Crippen LogP contribution in [-0.4, -0.2) is 25.3 Å². The van der Waals surface area contributed by atoms with Gasteiger partial charge in [0.2, 0.25) is 0 Å². The first-order valence-electron chi connectivity index (χ1n) is 4.91. The van der Waals surface area contributed by atoms with Crippen molar-refractivity contribution in [1.29, 1.82) is 0 Å². The van der Waals surface area contributed by atoms with Crippen molar-refractivity contribution in [3.63, 3.8) is 0 Å². The van der Waals surface area contributed by atoms with Gasteiger partial charge in [0.25, 0.3) is 5.91 Å². The van der Waals surface area contributed by atoms with Gasteiger partial charge in [0.05, 0.1) is 0 Å². The molecule has 0 aliphatic rings. The second-order valence-electron chi connectivity index (χ2n) is 3.22. The Balaban J connectivity index is 2.44. The summed E-state index contributed by atoms with van der Waals surface area (Å²) in [6, 6.07) is 7.27. The summed E-state index contributed by atoms with van der Waals surface area (Å²) in [4.78, 5) is 26.2. The van der Waals surface area contributed by atoms with Gasteiger partial charge in [-0.05, 0) is 19.1 Å². The standard InChI is InChI=1S/C11H13N3O3/c1-8-3-5-9(6-4-8)14-10(15)7-13-17-11(16)12-2/h3-7H,1-2H3,(H,12,16)(H,14,15). The van der Waals surface area contributed by atoms with E-state index in [-0.39, 0.29) is 0 Å². The minimum Gasteiger partial charge on any atom is -0.323 e. The first kappa shape index (κ1) is 12.7. The molecule has 0 aliphatic heterocycles. The number of carbonyl (C=O) groups excluding carboxylic acids is 2. The van der Waals surface area contributed by atoms with Gasteiger partial charge in [-0.25, -0.2) is 4.79 Å². The van der Waals surface area contributed by atoms with Gasteiger partial charge < -0.3 is 10.6 Å². The van der Waals surface area contributed by atoms with Crippen molar-refractivity contribution in [2.24, 2.45) is 5.16 Å². The van der Waals surface area contributed by atoms with Crippen LogP contribution in [0.5, 0.6) is 0 Å². The molecule has 2 amide bonds. The molecule has 0 radical (unpaired) electrons. The summed E-state index contributed by atoms with van der Waals surface area (Å²) in [6.07, 6.45) is 0.152. The quantitative estimate of drug-likeness (QED) is 0.470. The highest BCUT2D eigenvalue weighted by Crippen LogP contribution is 2.07. The minimum absolute atomic E-state index is 0.474. The summed E-state index contributed by atoms with van der Waals surface area (Å²) in [5, 5.41) is 7.96. The largest absolute Gasteiger partial charge is 0.433 e. The number of aryl methyl sites for hydroxylation is 1. The number of oxime groups is 1. The number of nitrogens with one attached hydrogen (secondary N) is 2. The third kappa shape index (κ3) is 4.78. The summed E-state index contributed by atoms with van der Waals surface area (Å²) in [5.74, 6) is -0.474. The summed E-state index contributed by atoms with van der Waals surface area (Å²) >= 11 is 0. The number of amides is 2. The number of rotatable bonds is 3. The lowest BCUT2D eigenvalue weighted by Gasteiger charge is -2.01. The van der Waals surface area contributed by atoms with Crippen molar-refractivity contribution in [2.45, 2.75) is 6.92 Å². The highest BCUT2D eigenvalue weighted by Gasteiger charge is 1.99. The van der Waals surface area contributed by atoms with Gasteiger partial charge in [-0.2, -0.15) is 0 Å². The number of hydrogen-bond acceptors (Lipinski definition) is 4. The average molecular weight is 235 g/mol. The van der Waals surface area contributed by atoms with Crippen LogP contribution in [0.3, 0.4) is 0 Å². The predicted molar refractivity (Wildman–Crippen MR) is 63.8 cm³/mol. The van der Waals surface area contributed by atoms with E-state index in [1.165, 1.54) is 7.05 Å². The SMILES string of the molecule is CNC(=O)ON=CC(=O)Nc1ccc(C)cc1. The van der Waals surface area contributed by atoms with Crippen molar-refractivity contribution < 1.29 is 14.4 Å². The zero-order valence-corrected chi connectivity index (χ0v) is 9.56. The molecule has 0 saturated carbocycles. The zero-order valence-electron chi connectivity index (χ0n) is 9.56. The molecule has 0 bridgehead atoms. The van der Waals surface area contributed by atoms with Gasteiger partial charge in [-0.15, -0.1) is 0 Å². The fraction of sp³-hybridized carbons (Fsp3) is 0.182. The van der Waals surface area contributed by atoms with Crippen LogP contribution in [0.1, 0.15) is 5.56 Å². The summed E-state index contributed by atoms with van der Waals surface area (Å²) in [5.41, 5.74) is 1.74.